The van der Waals surface area contributed by atoms with E-state index < -0.39 is 6.10 Å². The number of unbranched alkanes of at least 4 members (excludes halogenated alkanes) is 34. The Bertz CT molecular complexity index is 1640. The van der Waals surface area contributed by atoms with Gasteiger partial charge in [0.15, 0.2) is 6.10 Å². The minimum absolute atomic E-state index is 0.0867. The van der Waals surface area contributed by atoms with Crippen LogP contribution in [0.3, 0.4) is 0 Å². The molecule has 82 heavy (non-hydrogen) atoms. The predicted molar refractivity (Wildman–Crippen MR) is 357 cm³/mol. The van der Waals surface area contributed by atoms with Gasteiger partial charge in [-0.05, 0) is 109 Å². The van der Waals surface area contributed by atoms with Crippen LogP contribution in [0.25, 0.3) is 0 Å². The average molecular weight is 1140 g/mol. The maximum Gasteiger partial charge on any atom is 0.306 e. The summed E-state index contributed by atoms with van der Waals surface area (Å²) in [4.78, 5) is 38.4. The number of carbonyl (C=O) groups excluding carboxylic acids is 3. The Morgan fingerprint density at radius 2 is 0.476 bits per heavy atom. The number of hydrogen-bond donors (Lipinski definition) is 0. The Morgan fingerprint density at radius 3 is 0.768 bits per heavy atom. The Labute approximate surface area is 508 Å². The molecule has 0 bridgehead atoms. The quantitative estimate of drug-likeness (QED) is 0.0261. The lowest BCUT2D eigenvalue weighted by molar-refractivity contribution is -0.167. The van der Waals surface area contributed by atoms with Crippen molar-refractivity contribution in [1.82, 2.24) is 0 Å². The first-order valence-electron chi connectivity index (χ1n) is 34.9. The number of allylic oxidation sites excluding steroid dienone is 18. The third-order valence-electron chi connectivity index (χ3n) is 15.0. The molecule has 0 aliphatic rings. The van der Waals surface area contributed by atoms with Crippen LogP contribution in [0.15, 0.2) is 109 Å². The Hall–Kier alpha value is -3.93. The number of ether oxygens (including phenoxy) is 3. The highest BCUT2D eigenvalue weighted by atomic mass is 16.6. The van der Waals surface area contributed by atoms with Crippen LogP contribution in [0.5, 0.6) is 0 Å². The normalized spacial score (nSPS) is 12.8. The summed E-state index contributed by atoms with van der Waals surface area (Å²) in [5, 5.41) is 0. The molecule has 1 unspecified atom stereocenters. The van der Waals surface area contributed by atoms with Gasteiger partial charge in [-0.15, -0.1) is 0 Å². The van der Waals surface area contributed by atoms with Crippen LogP contribution >= 0.6 is 0 Å². The van der Waals surface area contributed by atoms with E-state index in [1.807, 2.05) is 0 Å². The molecule has 0 amide bonds. The summed E-state index contributed by atoms with van der Waals surface area (Å²) in [5.41, 5.74) is 0. The van der Waals surface area contributed by atoms with E-state index in [-0.39, 0.29) is 31.1 Å². The van der Waals surface area contributed by atoms with E-state index in [2.05, 4.69) is 130 Å². The van der Waals surface area contributed by atoms with Crippen molar-refractivity contribution in [3.8, 4) is 0 Å². The first-order valence-corrected chi connectivity index (χ1v) is 34.9. The zero-order valence-corrected chi connectivity index (χ0v) is 54.0. The van der Waals surface area contributed by atoms with Crippen molar-refractivity contribution in [3.63, 3.8) is 0 Å². The number of rotatable bonds is 63. The van der Waals surface area contributed by atoms with Gasteiger partial charge in [-0.25, -0.2) is 0 Å². The summed E-state index contributed by atoms with van der Waals surface area (Å²) in [6, 6.07) is 0. The van der Waals surface area contributed by atoms with Gasteiger partial charge in [-0.2, -0.15) is 0 Å². The molecule has 0 spiro atoms. The van der Waals surface area contributed by atoms with E-state index in [0.717, 1.165) is 128 Å². The van der Waals surface area contributed by atoms with Crippen LogP contribution in [0.1, 0.15) is 335 Å². The van der Waals surface area contributed by atoms with Gasteiger partial charge in [0.05, 0.1) is 0 Å². The molecule has 0 radical (unpaired) electrons. The minimum Gasteiger partial charge on any atom is -0.462 e. The average Bonchev–Trinajstić information content (AvgIpc) is 3.47. The maximum absolute atomic E-state index is 13.0. The lowest BCUT2D eigenvalue weighted by Gasteiger charge is -2.18. The number of hydrogen-bond acceptors (Lipinski definition) is 6. The molecule has 0 saturated carbocycles. The summed E-state index contributed by atoms with van der Waals surface area (Å²) in [7, 11) is 0. The third-order valence-corrected chi connectivity index (χ3v) is 15.0. The summed E-state index contributed by atoms with van der Waals surface area (Å²) in [5.74, 6) is -0.895. The topological polar surface area (TPSA) is 78.9 Å². The molecule has 0 rings (SSSR count). The van der Waals surface area contributed by atoms with Crippen LogP contribution < -0.4 is 0 Å². The molecule has 0 aromatic rings. The van der Waals surface area contributed by atoms with Crippen LogP contribution in [-0.4, -0.2) is 37.2 Å². The van der Waals surface area contributed by atoms with Crippen molar-refractivity contribution in [2.45, 2.75) is 341 Å². The van der Waals surface area contributed by atoms with Crippen molar-refractivity contribution >= 4 is 17.9 Å². The Morgan fingerprint density at radius 1 is 0.256 bits per heavy atom. The van der Waals surface area contributed by atoms with E-state index in [9.17, 15) is 14.4 Å². The molecule has 0 fully saturated rings. The maximum atomic E-state index is 13.0. The molecule has 6 nitrogen and oxygen atoms in total. The molecular weight excluding hydrogens is 1010 g/mol. The van der Waals surface area contributed by atoms with Crippen LogP contribution in [0.2, 0.25) is 0 Å². The highest BCUT2D eigenvalue weighted by molar-refractivity contribution is 5.71. The van der Waals surface area contributed by atoms with Crippen molar-refractivity contribution in [2.24, 2.45) is 0 Å². The minimum atomic E-state index is -0.790. The second-order valence-corrected chi connectivity index (χ2v) is 23.1. The van der Waals surface area contributed by atoms with Crippen molar-refractivity contribution in [1.29, 1.82) is 0 Å². The lowest BCUT2D eigenvalue weighted by atomic mass is 10.0. The fourth-order valence-corrected chi connectivity index (χ4v) is 9.81. The van der Waals surface area contributed by atoms with Gasteiger partial charge in [-0.1, -0.05) is 316 Å². The molecule has 1 atom stereocenters. The number of esters is 3. The summed E-state index contributed by atoms with van der Waals surface area (Å²) in [6.45, 7) is 6.52. The molecule has 470 valence electrons. The fraction of sp³-hybridized carbons (Fsp3) is 0.724. The first kappa shape index (κ1) is 78.1. The van der Waals surface area contributed by atoms with E-state index >= 15 is 0 Å². The summed E-state index contributed by atoms with van der Waals surface area (Å²) in [6.07, 6.45) is 95.3. The standard InChI is InChI=1S/C76H130O6/c1-4-7-10-13-16-19-22-25-28-30-32-34-35-36-37-38-39-40-41-42-44-45-48-51-54-57-60-63-66-69-75(78)81-72-73(71-80-74(77)68-65-62-59-56-53-50-47-27-24-21-18-15-12-9-6-3)82-76(79)70-67-64-61-58-55-52-49-46-43-33-31-29-26-23-20-17-14-11-8-5-2/h7,10,16,18-19,21,25,27-28,32,34,36-37,39-40,42,44,47,73H,4-6,8-9,11-15,17,20,22-24,26,29-31,33,35,38,41,43,45-46,48-72H2,1-3H3/b10-7-,19-16-,21-18-,28-25-,34-32-,37-36-,40-39-,44-42-,47-27-. The zero-order valence-electron chi connectivity index (χ0n) is 54.0. The molecule has 0 aliphatic heterocycles. The fourth-order valence-electron chi connectivity index (χ4n) is 9.81. The van der Waals surface area contributed by atoms with Gasteiger partial charge in [0.1, 0.15) is 13.2 Å². The highest BCUT2D eigenvalue weighted by Gasteiger charge is 2.19. The molecule has 0 aromatic carbocycles. The molecule has 0 N–H and O–H groups in total. The lowest BCUT2D eigenvalue weighted by Crippen LogP contribution is -2.30. The predicted octanol–water partition coefficient (Wildman–Crippen LogP) is 24.2. The first-order chi connectivity index (χ1) is 40.5. The van der Waals surface area contributed by atoms with Crippen molar-refractivity contribution < 1.29 is 28.6 Å². The van der Waals surface area contributed by atoms with Gasteiger partial charge < -0.3 is 14.2 Å². The van der Waals surface area contributed by atoms with Gasteiger partial charge in [0, 0.05) is 19.3 Å². The number of carbonyl (C=O) groups is 3. The van der Waals surface area contributed by atoms with Crippen LogP contribution in [0, 0.1) is 0 Å². The molecule has 0 heterocycles. The van der Waals surface area contributed by atoms with Gasteiger partial charge in [0.25, 0.3) is 0 Å². The van der Waals surface area contributed by atoms with Gasteiger partial charge in [0.2, 0.25) is 0 Å². The van der Waals surface area contributed by atoms with Crippen LogP contribution in [0.4, 0.5) is 0 Å². The Balaban J connectivity index is 4.35. The van der Waals surface area contributed by atoms with E-state index in [1.165, 1.54) is 167 Å². The zero-order chi connectivity index (χ0) is 59.2. The third kappa shape index (κ3) is 66.9. The molecule has 0 saturated heterocycles. The molecular formula is C76H130O6. The second kappa shape index (κ2) is 69.6. The van der Waals surface area contributed by atoms with Gasteiger partial charge >= 0.3 is 17.9 Å². The summed E-state index contributed by atoms with van der Waals surface area (Å²) < 4.78 is 17.0. The van der Waals surface area contributed by atoms with Gasteiger partial charge in [-0.3, -0.25) is 14.4 Å². The van der Waals surface area contributed by atoms with E-state index in [4.69, 9.17) is 14.2 Å². The second-order valence-electron chi connectivity index (χ2n) is 23.1. The molecule has 6 heteroatoms. The van der Waals surface area contributed by atoms with E-state index in [1.54, 1.807) is 0 Å². The smallest absolute Gasteiger partial charge is 0.306 e. The van der Waals surface area contributed by atoms with Crippen molar-refractivity contribution in [3.05, 3.63) is 109 Å². The summed E-state index contributed by atoms with van der Waals surface area (Å²) >= 11 is 0. The molecule has 0 aromatic heterocycles. The largest absolute Gasteiger partial charge is 0.462 e. The molecule has 0 aliphatic carbocycles. The Kier molecular flexibility index (Phi) is 66.2. The monoisotopic (exact) mass is 1140 g/mol. The highest BCUT2D eigenvalue weighted by Crippen LogP contribution is 2.17. The van der Waals surface area contributed by atoms with Crippen molar-refractivity contribution in [2.75, 3.05) is 13.2 Å². The van der Waals surface area contributed by atoms with Crippen LogP contribution in [-0.2, 0) is 28.6 Å². The SMILES string of the molecule is CC/C=C\C/C=C\C/C=C\C/C=C\C/C=C\C/C=C\C/C=C\CCCCCCCCCC(=O)OCC(COC(=O)CCCCCCC/C=C\C/C=C\CCCCC)OC(=O)CCCCCCCCCCCCCCCCCCCCCC. The van der Waals surface area contributed by atoms with E-state index in [0.29, 0.717) is 19.3 Å².